The topological polar surface area (TPSA) is 77.8 Å². The Balaban J connectivity index is 1.33. The minimum atomic E-state index is -0.885. The van der Waals surface area contributed by atoms with Crippen LogP contribution in [0.2, 0.25) is 0 Å². The molecule has 0 heterocycles. The van der Waals surface area contributed by atoms with Gasteiger partial charge in [0.05, 0.1) is 17.8 Å². The van der Waals surface area contributed by atoms with Crippen molar-refractivity contribution in [2.24, 2.45) is 52.3 Å². The molecule has 0 aromatic heterocycles. The van der Waals surface area contributed by atoms with Crippen LogP contribution in [0, 0.1) is 52.3 Å². The van der Waals surface area contributed by atoms with Gasteiger partial charge in [-0.1, -0.05) is 58.4 Å². The van der Waals surface area contributed by atoms with Gasteiger partial charge in [-0.25, -0.2) is 4.79 Å². The third kappa shape index (κ3) is 4.50. The number of carboxylic acids is 1. The molecule has 11 atom stereocenters. The summed E-state index contributed by atoms with van der Waals surface area (Å²) in [7, 11) is 0. The first-order valence-corrected chi connectivity index (χ1v) is 15.0. The Morgan fingerprint density at radius 2 is 1.78 bits per heavy atom. The standard InChI is InChI=1S/C33H48O4/c1-5-24-28-19-23(34)14-16-33(28,4)27-15-17-32(3)25(12-13-26(32)29(27)30(24)35)20(2)8-6-9-21-10-7-11-22(18-21)31(36)37/h6-7,9-11,18,20,23-30,34-35H,5,8,12-17,19H2,1-4H3,(H,36,37)/b9-6+/t20-,23-,24-,25-,26?,27?,28+,29?,30-,32?,33-/m1/s1. The lowest BCUT2D eigenvalue weighted by atomic mass is 9.41. The number of aromatic carboxylic acids is 1. The molecule has 4 heteroatoms. The van der Waals surface area contributed by atoms with Crippen LogP contribution in [0.15, 0.2) is 30.3 Å². The van der Waals surface area contributed by atoms with Crippen LogP contribution in [0.4, 0.5) is 0 Å². The van der Waals surface area contributed by atoms with Gasteiger partial charge in [-0.05, 0) is 121 Å². The number of aliphatic hydroxyl groups excluding tert-OH is 2. The molecule has 4 nitrogen and oxygen atoms in total. The van der Waals surface area contributed by atoms with Crippen molar-refractivity contribution in [3.63, 3.8) is 0 Å². The normalized spacial score (nSPS) is 44.2. The van der Waals surface area contributed by atoms with Gasteiger partial charge in [-0.3, -0.25) is 0 Å². The van der Waals surface area contributed by atoms with E-state index in [1.165, 1.54) is 25.7 Å². The number of allylic oxidation sites excluding steroid dienone is 1. The number of hydrogen-bond donors (Lipinski definition) is 3. The lowest BCUT2D eigenvalue weighted by Crippen LogP contribution is -2.62. The number of aliphatic hydroxyl groups is 2. The summed E-state index contributed by atoms with van der Waals surface area (Å²) in [5.41, 5.74) is 1.80. The summed E-state index contributed by atoms with van der Waals surface area (Å²) in [4.78, 5) is 11.3. The smallest absolute Gasteiger partial charge is 0.335 e. The molecule has 4 unspecified atom stereocenters. The maximum Gasteiger partial charge on any atom is 0.335 e. The summed E-state index contributed by atoms with van der Waals surface area (Å²) in [5.74, 6) is 2.64. The Bertz CT molecular complexity index is 1020. The predicted molar refractivity (Wildman–Crippen MR) is 148 cm³/mol. The van der Waals surface area contributed by atoms with E-state index in [1.807, 2.05) is 12.1 Å². The first-order valence-electron chi connectivity index (χ1n) is 15.0. The van der Waals surface area contributed by atoms with Crippen LogP contribution in [0.1, 0.15) is 101 Å². The minimum absolute atomic E-state index is 0.193. The molecule has 0 aliphatic heterocycles. The quantitative estimate of drug-likeness (QED) is 0.385. The Hall–Kier alpha value is -1.65. The molecule has 0 amide bonds. The molecule has 37 heavy (non-hydrogen) atoms. The van der Waals surface area contributed by atoms with E-state index >= 15 is 0 Å². The molecule has 1 aromatic rings. The van der Waals surface area contributed by atoms with E-state index in [4.69, 9.17) is 0 Å². The SMILES string of the molecule is CC[C@H]1[C@@H](O)C2C3CC[C@H]([C@H](C)C/C=C/c4cccc(C(=O)O)c4)C3(C)CCC2[C@@]2(C)CC[C@@H](O)C[C@@H]12. The molecule has 0 bridgehead atoms. The number of fused-ring (bicyclic) bond motifs is 5. The third-order valence-electron chi connectivity index (χ3n) is 12.1. The van der Waals surface area contributed by atoms with Crippen LogP contribution < -0.4 is 0 Å². The highest BCUT2D eigenvalue weighted by atomic mass is 16.4. The average molecular weight is 509 g/mol. The van der Waals surface area contributed by atoms with Gasteiger partial charge in [0.1, 0.15) is 0 Å². The second-order valence-corrected chi connectivity index (χ2v) is 13.7. The van der Waals surface area contributed by atoms with Crippen molar-refractivity contribution in [2.75, 3.05) is 0 Å². The van der Waals surface area contributed by atoms with Gasteiger partial charge in [0.25, 0.3) is 0 Å². The molecule has 4 aliphatic rings. The molecular formula is C33H48O4. The molecule has 0 spiro atoms. The van der Waals surface area contributed by atoms with Crippen molar-refractivity contribution in [2.45, 2.75) is 97.7 Å². The van der Waals surface area contributed by atoms with Crippen molar-refractivity contribution < 1.29 is 20.1 Å². The van der Waals surface area contributed by atoms with E-state index in [9.17, 15) is 20.1 Å². The molecule has 4 fully saturated rings. The minimum Gasteiger partial charge on any atom is -0.478 e. The second kappa shape index (κ2) is 10.2. The molecular weight excluding hydrogens is 460 g/mol. The van der Waals surface area contributed by atoms with Crippen LogP contribution in [0.25, 0.3) is 6.08 Å². The van der Waals surface area contributed by atoms with E-state index in [1.54, 1.807) is 12.1 Å². The van der Waals surface area contributed by atoms with Crippen LogP contribution in [0.3, 0.4) is 0 Å². The Morgan fingerprint density at radius 1 is 1.05 bits per heavy atom. The third-order valence-corrected chi connectivity index (χ3v) is 12.1. The highest BCUT2D eigenvalue weighted by Crippen LogP contribution is 2.69. The highest BCUT2D eigenvalue weighted by molar-refractivity contribution is 5.88. The van der Waals surface area contributed by atoms with E-state index in [2.05, 4.69) is 39.8 Å². The molecule has 204 valence electrons. The highest BCUT2D eigenvalue weighted by Gasteiger charge is 2.64. The number of carbonyl (C=O) groups is 1. The number of carboxylic acid groups (broad SMARTS) is 1. The molecule has 1 aromatic carbocycles. The van der Waals surface area contributed by atoms with Gasteiger partial charge in [0.2, 0.25) is 0 Å². The predicted octanol–water partition coefficient (Wildman–Crippen LogP) is 7.05. The van der Waals surface area contributed by atoms with Gasteiger partial charge in [0, 0.05) is 0 Å². The zero-order valence-electron chi connectivity index (χ0n) is 23.3. The molecule has 0 radical (unpaired) electrons. The van der Waals surface area contributed by atoms with Crippen molar-refractivity contribution >= 4 is 12.0 Å². The molecule has 4 aliphatic carbocycles. The Morgan fingerprint density at radius 3 is 2.51 bits per heavy atom. The van der Waals surface area contributed by atoms with Gasteiger partial charge < -0.3 is 15.3 Å². The number of rotatable bonds is 6. The van der Waals surface area contributed by atoms with Crippen molar-refractivity contribution in [1.29, 1.82) is 0 Å². The maximum atomic E-state index is 11.9. The fourth-order valence-corrected chi connectivity index (χ4v) is 10.3. The lowest BCUT2D eigenvalue weighted by Gasteiger charge is -2.64. The van der Waals surface area contributed by atoms with Gasteiger partial charge in [0.15, 0.2) is 0 Å². The molecule has 4 saturated carbocycles. The Labute approximate surface area is 223 Å². The summed E-state index contributed by atoms with van der Waals surface area (Å²) in [6.07, 6.45) is 13.7. The average Bonchev–Trinajstić information content (AvgIpc) is 3.22. The van der Waals surface area contributed by atoms with E-state index in [0.29, 0.717) is 47.0 Å². The monoisotopic (exact) mass is 508 g/mol. The summed E-state index contributed by atoms with van der Waals surface area (Å²) in [6.45, 7) is 9.69. The summed E-state index contributed by atoms with van der Waals surface area (Å²) in [6, 6.07) is 7.16. The van der Waals surface area contributed by atoms with Crippen LogP contribution in [-0.2, 0) is 0 Å². The van der Waals surface area contributed by atoms with Crippen LogP contribution >= 0.6 is 0 Å². The fourth-order valence-electron chi connectivity index (χ4n) is 10.3. The van der Waals surface area contributed by atoms with Crippen LogP contribution in [0.5, 0.6) is 0 Å². The zero-order chi connectivity index (χ0) is 26.5. The van der Waals surface area contributed by atoms with Gasteiger partial charge in [-0.15, -0.1) is 0 Å². The summed E-state index contributed by atoms with van der Waals surface area (Å²) >= 11 is 0. The van der Waals surface area contributed by atoms with E-state index in [0.717, 1.165) is 37.7 Å². The lowest BCUT2D eigenvalue weighted by molar-refractivity contribution is -0.203. The first-order chi connectivity index (χ1) is 17.6. The van der Waals surface area contributed by atoms with Crippen LogP contribution in [-0.4, -0.2) is 33.5 Å². The number of benzene rings is 1. The van der Waals surface area contributed by atoms with E-state index < -0.39 is 5.97 Å². The maximum absolute atomic E-state index is 11.9. The van der Waals surface area contributed by atoms with E-state index in [-0.39, 0.29) is 23.0 Å². The Kier molecular flexibility index (Phi) is 7.39. The fraction of sp³-hybridized carbons (Fsp3) is 0.727. The second-order valence-electron chi connectivity index (χ2n) is 13.7. The number of hydrogen-bond acceptors (Lipinski definition) is 3. The zero-order valence-corrected chi connectivity index (χ0v) is 23.3. The summed E-state index contributed by atoms with van der Waals surface area (Å²) in [5, 5.41) is 31.7. The van der Waals surface area contributed by atoms with Crippen molar-refractivity contribution in [1.82, 2.24) is 0 Å². The largest absolute Gasteiger partial charge is 0.478 e. The molecule has 5 rings (SSSR count). The summed E-state index contributed by atoms with van der Waals surface area (Å²) < 4.78 is 0. The van der Waals surface area contributed by atoms with Gasteiger partial charge in [-0.2, -0.15) is 0 Å². The molecule has 0 saturated heterocycles. The first kappa shape index (κ1) is 26.9. The van der Waals surface area contributed by atoms with Crippen molar-refractivity contribution in [3.8, 4) is 0 Å². The van der Waals surface area contributed by atoms with Crippen molar-refractivity contribution in [3.05, 3.63) is 41.5 Å². The van der Waals surface area contributed by atoms with Gasteiger partial charge >= 0.3 is 5.97 Å². The molecule has 3 N–H and O–H groups in total.